The summed E-state index contributed by atoms with van der Waals surface area (Å²) in [4.78, 5) is 0. The van der Waals surface area contributed by atoms with Crippen LogP contribution in [0.1, 0.15) is 12.8 Å². The topological polar surface area (TPSA) is 50.7 Å². The van der Waals surface area contributed by atoms with Crippen LogP contribution in [0.25, 0.3) is 0 Å². The van der Waals surface area contributed by atoms with Gasteiger partial charge in [0, 0.05) is 26.8 Å². The normalized spacial score (nSPS) is 18.4. The van der Waals surface area contributed by atoms with Gasteiger partial charge in [-0.3, -0.25) is 0 Å². The second-order valence-corrected chi connectivity index (χ2v) is 3.83. The fourth-order valence-electron chi connectivity index (χ4n) is 1.16. The van der Waals surface area contributed by atoms with Crippen molar-refractivity contribution in [1.29, 1.82) is 0 Å². The Morgan fingerprint density at radius 3 is 2.93 bits per heavy atom. The minimum Gasteiger partial charge on any atom is -0.389 e. The summed E-state index contributed by atoms with van der Waals surface area (Å²) in [7, 11) is 1.66. The van der Waals surface area contributed by atoms with Gasteiger partial charge in [-0.2, -0.15) is 0 Å². The highest BCUT2D eigenvalue weighted by atomic mass is 16.5. The largest absolute Gasteiger partial charge is 0.389 e. The molecule has 1 aliphatic rings. The zero-order valence-electron chi connectivity index (χ0n) is 8.87. The number of hydrogen-bond acceptors (Lipinski definition) is 4. The summed E-state index contributed by atoms with van der Waals surface area (Å²) in [5, 5.41) is 12.5. The lowest BCUT2D eigenvalue weighted by Gasteiger charge is -2.11. The zero-order valence-corrected chi connectivity index (χ0v) is 8.87. The average Bonchev–Trinajstić information content (AvgIpc) is 2.96. The van der Waals surface area contributed by atoms with Gasteiger partial charge in [-0.05, 0) is 18.8 Å². The number of aliphatic hydroxyl groups excluding tert-OH is 1. The molecule has 4 nitrogen and oxygen atoms in total. The van der Waals surface area contributed by atoms with E-state index in [1.807, 2.05) is 0 Å². The van der Waals surface area contributed by atoms with E-state index in [1.54, 1.807) is 7.11 Å². The molecule has 1 unspecified atom stereocenters. The molecule has 0 saturated heterocycles. The van der Waals surface area contributed by atoms with Crippen LogP contribution in [0.2, 0.25) is 0 Å². The molecule has 0 heterocycles. The van der Waals surface area contributed by atoms with E-state index in [9.17, 15) is 5.11 Å². The maximum atomic E-state index is 9.45. The van der Waals surface area contributed by atoms with Gasteiger partial charge in [0.1, 0.15) is 0 Å². The van der Waals surface area contributed by atoms with Crippen LogP contribution in [0.4, 0.5) is 0 Å². The summed E-state index contributed by atoms with van der Waals surface area (Å²) >= 11 is 0. The van der Waals surface area contributed by atoms with Crippen LogP contribution in [-0.4, -0.2) is 51.2 Å². The van der Waals surface area contributed by atoms with Crippen molar-refractivity contribution in [2.75, 3.05) is 40.0 Å². The van der Waals surface area contributed by atoms with Crippen LogP contribution in [-0.2, 0) is 9.47 Å². The second kappa shape index (κ2) is 7.17. The Morgan fingerprint density at radius 1 is 1.50 bits per heavy atom. The summed E-state index contributed by atoms with van der Waals surface area (Å²) in [6.07, 6.45) is 2.19. The molecule has 2 N–H and O–H groups in total. The van der Waals surface area contributed by atoms with Gasteiger partial charge in [-0.1, -0.05) is 0 Å². The van der Waals surface area contributed by atoms with E-state index in [0.717, 1.165) is 19.1 Å². The molecule has 0 aromatic rings. The summed E-state index contributed by atoms with van der Waals surface area (Å²) in [6, 6.07) is 0. The molecule has 1 fully saturated rings. The van der Waals surface area contributed by atoms with Crippen molar-refractivity contribution in [1.82, 2.24) is 5.32 Å². The van der Waals surface area contributed by atoms with Gasteiger partial charge >= 0.3 is 0 Å². The standard InChI is InChI=1S/C10H21NO3/c1-13-5-4-11-6-10(12)8-14-7-9-2-3-9/h9-12H,2-8H2,1H3. The highest BCUT2D eigenvalue weighted by molar-refractivity contribution is 4.72. The summed E-state index contributed by atoms with van der Waals surface area (Å²) < 4.78 is 10.2. The molecule has 0 amide bonds. The molecule has 1 saturated carbocycles. The number of aliphatic hydroxyl groups is 1. The van der Waals surface area contributed by atoms with Crippen molar-refractivity contribution in [3.63, 3.8) is 0 Å². The highest BCUT2D eigenvalue weighted by Gasteiger charge is 2.21. The Kier molecular flexibility index (Phi) is 6.10. The molecule has 1 atom stereocenters. The molecule has 0 aliphatic heterocycles. The van der Waals surface area contributed by atoms with Crippen LogP contribution < -0.4 is 5.32 Å². The first-order chi connectivity index (χ1) is 6.83. The molecule has 0 radical (unpaired) electrons. The molecule has 0 aromatic heterocycles. The van der Waals surface area contributed by atoms with Crippen LogP contribution in [0, 0.1) is 5.92 Å². The molecule has 0 aromatic carbocycles. The molecule has 1 rings (SSSR count). The maximum Gasteiger partial charge on any atom is 0.0897 e. The average molecular weight is 203 g/mol. The lowest BCUT2D eigenvalue weighted by molar-refractivity contribution is 0.0319. The summed E-state index contributed by atoms with van der Waals surface area (Å²) in [5.41, 5.74) is 0. The van der Waals surface area contributed by atoms with Crippen LogP contribution >= 0.6 is 0 Å². The third-order valence-corrected chi connectivity index (χ3v) is 2.22. The van der Waals surface area contributed by atoms with Gasteiger partial charge in [0.15, 0.2) is 0 Å². The number of rotatable bonds is 9. The van der Waals surface area contributed by atoms with Crippen LogP contribution in [0.5, 0.6) is 0 Å². The predicted molar refractivity (Wildman–Crippen MR) is 54.3 cm³/mol. The molecule has 0 bridgehead atoms. The van der Waals surface area contributed by atoms with Gasteiger partial charge in [0.2, 0.25) is 0 Å². The lowest BCUT2D eigenvalue weighted by atomic mass is 10.3. The van der Waals surface area contributed by atoms with Crippen molar-refractivity contribution >= 4 is 0 Å². The SMILES string of the molecule is COCCNCC(O)COCC1CC1. The smallest absolute Gasteiger partial charge is 0.0897 e. The Morgan fingerprint density at radius 2 is 2.29 bits per heavy atom. The van der Waals surface area contributed by atoms with Crippen molar-refractivity contribution in [2.45, 2.75) is 18.9 Å². The number of hydrogen-bond donors (Lipinski definition) is 2. The van der Waals surface area contributed by atoms with Gasteiger partial charge in [0.25, 0.3) is 0 Å². The first-order valence-corrected chi connectivity index (χ1v) is 5.28. The van der Waals surface area contributed by atoms with Gasteiger partial charge in [-0.25, -0.2) is 0 Å². The third kappa shape index (κ3) is 6.32. The van der Waals surface area contributed by atoms with Crippen LogP contribution in [0.15, 0.2) is 0 Å². The molecule has 4 heteroatoms. The Hall–Kier alpha value is -0.160. The van der Waals surface area contributed by atoms with E-state index in [2.05, 4.69) is 5.32 Å². The van der Waals surface area contributed by atoms with E-state index in [0.29, 0.717) is 19.8 Å². The number of nitrogens with one attached hydrogen (secondary N) is 1. The minimum atomic E-state index is -0.398. The fourth-order valence-corrected chi connectivity index (χ4v) is 1.16. The highest BCUT2D eigenvalue weighted by Crippen LogP contribution is 2.28. The lowest BCUT2D eigenvalue weighted by Crippen LogP contribution is -2.32. The Labute approximate surface area is 85.6 Å². The quantitative estimate of drug-likeness (QED) is 0.518. The molecule has 0 spiro atoms. The third-order valence-electron chi connectivity index (χ3n) is 2.22. The van der Waals surface area contributed by atoms with E-state index in [-0.39, 0.29) is 0 Å². The molecular weight excluding hydrogens is 182 g/mol. The minimum absolute atomic E-state index is 0.398. The maximum absolute atomic E-state index is 9.45. The zero-order chi connectivity index (χ0) is 10.2. The second-order valence-electron chi connectivity index (χ2n) is 3.83. The summed E-state index contributed by atoms with van der Waals surface area (Å²) in [5.74, 6) is 0.767. The van der Waals surface area contributed by atoms with Crippen molar-refractivity contribution in [3.05, 3.63) is 0 Å². The first-order valence-electron chi connectivity index (χ1n) is 5.28. The fraction of sp³-hybridized carbons (Fsp3) is 1.00. The van der Waals surface area contributed by atoms with Gasteiger partial charge < -0.3 is 19.9 Å². The molecule has 1 aliphatic carbocycles. The van der Waals surface area contributed by atoms with Crippen LogP contribution in [0.3, 0.4) is 0 Å². The van der Waals surface area contributed by atoms with E-state index < -0.39 is 6.10 Å². The molecular formula is C10H21NO3. The van der Waals surface area contributed by atoms with Crippen molar-refractivity contribution < 1.29 is 14.6 Å². The van der Waals surface area contributed by atoms with E-state index >= 15 is 0 Å². The van der Waals surface area contributed by atoms with Gasteiger partial charge in [0.05, 0.1) is 19.3 Å². The van der Waals surface area contributed by atoms with Crippen molar-refractivity contribution in [3.8, 4) is 0 Å². The monoisotopic (exact) mass is 203 g/mol. The molecule has 14 heavy (non-hydrogen) atoms. The van der Waals surface area contributed by atoms with Crippen molar-refractivity contribution in [2.24, 2.45) is 5.92 Å². The van der Waals surface area contributed by atoms with Gasteiger partial charge in [-0.15, -0.1) is 0 Å². The summed E-state index contributed by atoms with van der Waals surface area (Å²) in [6.45, 7) is 3.28. The van der Waals surface area contributed by atoms with E-state index in [1.165, 1.54) is 12.8 Å². The molecule has 84 valence electrons. The number of ether oxygens (including phenoxy) is 2. The van der Waals surface area contributed by atoms with E-state index in [4.69, 9.17) is 9.47 Å². The Balaban J connectivity index is 1.79. The predicted octanol–water partition coefficient (Wildman–Crippen LogP) is 0.00990. The Bertz CT molecular complexity index is 139. The first kappa shape index (κ1) is 11.9. The number of methoxy groups -OCH3 is 1.